The van der Waals surface area contributed by atoms with Crippen LogP contribution < -0.4 is 4.90 Å². The third-order valence-corrected chi connectivity index (χ3v) is 3.77. The molecule has 1 N–H and O–H groups in total. The van der Waals surface area contributed by atoms with Crippen molar-refractivity contribution in [3.63, 3.8) is 0 Å². The zero-order valence-corrected chi connectivity index (χ0v) is 12.4. The fourth-order valence-electron chi connectivity index (χ4n) is 2.79. The molecule has 0 radical (unpaired) electrons. The highest BCUT2D eigenvalue weighted by Gasteiger charge is 2.23. The summed E-state index contributed by atoms with van der Waals surface area (Å²) in [6, 6.07) is 0. The first-order valence-electron chi connectivity index (χ1n) is 7.30. The standard InChI is InChI=1S/C14H22N6/c1-10(2)7-20-13(15-9-16-20)8-19-6-4-5-12-11(3)17-18-14(12)19/h9-10H,4-8H2,1-3H3,(H,17,18). The van der Waals surface area contributed by atoms with Gasteiger partial charge in [0.05, 0.1) is 6.54 Å². The Bertz CT molecular complexity index is 582. The molecule has 0 amide bonds. The van der Waals surface area contributed by atoms with Gasteiger partial charge in [-0.2, -0.15) is 10.2 Å². The van der Waals surface area contributed by atoms with Crippen molar-refractivity contribution >= 4 is 5.82 Å². The van der Waals surface area contributed by atoms with E-state index in [1.165, 1.54) is 17.7 Å². The summed E-state index contributed by atoms with van der Waals surface area (Å²) in [6.45, 7) is 9.21. The van der Waals surface area contributed by atoms with E-state index in [0.717, 1.165) is 37.7 Å². The molecule has 20 heavy (non-hydrogen) atoms. The molecular weight excluding hydrogens is 252 g/mol. The maximum absolute atomic E-state index is 4.45. The van der Waals surface area contributed by atoms with Gasteiger partial charge in [0.2, 0.25) is 0 Å². The van der Waals surface area contributed by atoms with Crippen molar-refractivity contribution in [3.8, 4) is 0 Å². The SMILES string of the molecule is Cc1[nH]nc2c1CCCN2Cc1ncnn1CC(C)C. The number of anilines is 1. The summed E-state index contributed by atoms with van der Waals surface area (Å²) in [5.41, 5.74) is 2.54. The number of aromatic nitrogens is 5. The first kappa shape index (κ1) is 13.1. The molecule has 2 aromatic rings. The Morgan fingerprint density at radius 3 is 3.05 bits per heavy atom. The molecule has 3 heterocycles. The molecule has 0 spiro atoms. The van der Waals surface area contributed by atoms with E-state index in [9.17, 15) is 0 Å². The lowest BCUT2D eigenvalue weighted by Crippen LogP contribution is -2.30. The Morgan fingerprint density at radius 1 is 1.40 bits per heavy atom. The minimum atomic E-state index is 0.569. The molecule has 0 unspecified atom stereocenters. The number of hydrogen-bond donors (Lipinski definition) is 1. The van der Waals surface area contributed by atoms with E-state index in [0.29, 0.717) is 5.92 Å². The van der Waals surface area contributed by atoms with Gasteiger partial charge in [0.1, 0.15) is 12.2 Å². The fraction of sp³-hybridized carbons (Fsp3) is 0.643. The number of nitrogens with one attached hydrogen (secondary N) is 1. The van der Waals surface area contributed by atoms with E-state index in [4.69, 9.17) is 0 Å². The van der Waals surface area contributed by atoms with Crippen LogP contribution in [-0.4, -0.2) is 31.5 Å². The number of H-pyrrole nitrogens is 1. The van der Waals surface area contributed by atoms with Gasteiger partial charge in [-0.15, -0.1) is 0 Å². The molecule has 0 saturated carbocycles. The Hall–Kier alpha value is -1.85. The van der Waals surface area contributed by atoms with E-state index in [1.807, 2.05) is 4.68 Å². The smallest absolute Gasteiger partial charge is 0.154 e. The lowest BCUT2D eigenvalue weighted by molar-refractivity contribution is 0.462. The Labute approximate surface area is 119 Å². The third kappa shape index (κ3) is 2.42. The van der Waals surface area contributed by atoms with Crippen LogP contribution in [0.2, 0.25) is 0 Å². The maximum Gasteiger partial charge on any atom is 0.154 e. The average Bonchev–Trinajstić information content (AvgIpc) is 2.98. The van der Waals surface area contributed by atoms with Crippen LogP contribution in [0.25, 0.3) is 0 Å². The third-order valence-electron chi connectivity index (χ3n) is 3.77. The van der Waals surface area contributed by atoms with Crippen LogP contribution in [0.3, 0.4) is 0 Å². The summed E-state index contributed by atoms with van der Waals surface area (Å²) < 4.78 is 2.01. The van der Waals surface area contributed by atoms with E-state index < -0.39 is 0 Å². The second-order valence-electron chi connectivity index (χ2n) is 5.93. The lowest BCUT2D eigenvalue weighted by atomic mass is 10.1. The first-order valence-corrected chi connectivity index (χ1v) is 7.30. The van der Waals surface area contributed by atoms with Crippen molar-refractivity contribution in [2.24, 2.45) is 5.92 Å². The Kier molecular flexibility index (Phi) is 3.46. The van der Waals surface area contributed by atoms with Gasteiger partial charge in [-0.1, -0.05) is 13.8 Å². The quantitative estimate of drug-likeness (QED) is 0.925. The van der Waals surface area contributed by atoms with Gasteiger partial charge in [-0.25, -0.2) is 9.67 Å². The molecule has 0 atom stereocenters. The number of hydrogen-bond acceptors (Lipinski definition) is 4. The van der Waals surface area contributed by atoms with Crippen LogP contribution >= 0.6 is 0 Å². The monoisotopic (exact) mass is 274 g/mol. The molecule has 6 nitrogen and oxygen atoms in total. The van der Waals surface area contributed by atoms with Crippen LogP contribution in [0, 0.1) is 12.8 Å². The molecule has 0 saturated heterocycles. The van der Waals surface area contributed by atoms with E-state index in [-0.39, 0.29) is 0 Å². The van der Waals surface area contributed by atoms with E-state index in [1.54, 1.807) is 6.33 Å². The van der Waals surface area contributed by atoms with Gasteiger partial charge in [-0.05, 0) is 25.7 Å². The lowest BCUT2D eigenvalue weighted by Gasteiger charge is -2.27. The van der Waals surface area contributed by atoms with Crippen LogP contribution in [0.5, 0.6) is 0 Å². The first-order chi connectivity index (χ1) is 9.65. The van der Waals surface area contributed by atoms with Crippen molar-refractivity contribution < 1.29 is 0 Å². The second kappa shape index (κ2) is 5.26. The van der Waals surface area contributed by atoms with Gasteiger partial charge in [-0.3, -0.25) is 5.10 Å². The van der Waals surface area contributed by atoms with Crippen molar-refractivity contribution in [2.45, 2.75) is 46.7 Å². The maximum atomic E-state index is 4.45. The van der Waals surface area contributed by atoms with Crippen molar-refractivity contribution in [1.82, 2.24) is 25.0 Å². The fourth-order valence-corrected chi connectivity index (χ4v) is 2.79. The number of fused-ring (bicyclic) bond motifs is 1. The Morgan fingerprint density at radius 2 is 2.25 bits per heavy atom. The highest BCUT2D eigenvalue weighted by atomic mass is 15.4. The zero-order chi connectivity index (χ0) is 14.1. The minimum Gasteiger partial charge on any atom is -0.347 e. The average molecular weight is 274 g/mol. The Balaban J connectivity index is 1.81. The van der Waals surface area contributed by atoms with Crippen LogP contribution in [0.1, 0.15) is 37.4 Å². The number of nitrogens with zero attached hydrogens (tertiary/aromatic N) is 5. The predicted octanol–water partition coefficient (Wildman–Crippen LogP) is 1.92. The molecule has 2 aromatic heterocycles. The minimum absolute atomic E-state index is 0.569. The highest BCUT2D eigenvalue weighted by Crippen LogP contribution is 2.27. The molecular formula is C14H22N6. The molecule has 0 bridgehead atoms. The van der Waals surface area contributed by atoms with Crippen LogP contribution in [-0.2, 0) is 19.5 Å². The van der Waals surface area contributed by atoms with Gasteiger partial charge in [0, 0.05) is 24.3 Å². The number of aromatic amines is 1. The van der Waals surface area contributed by atoms with Crippen molar-refractivity contribution in [1.29, 1.82) is 0 Å². The molecule has 108 valence electrons. The molecule has 6 heteroatoms. The summed E-state index contributed by atoms with van der Waals surface area (Å²) in [7, 11) is 0. The van der Waals surface area contributed by atoms with Crippen LogP contribution in [0.4, 0.5) is 5.82 Å². The van der Waals surface area contributed by atoms with Crippen molar-refractivity contribution in [2.75, 3.05) is 11.4 Å². The molecule has 1 aliphatic heterocycles. The van der Waals surface area contributed by atoms with E-state index >= 15 is 0 Å². The van der Waals surface area contributed by atoms with Gasteiger partial charge < -0.3 is 4.90 Å². The molecule has 0 fully saturated rings. The van der Waals surface area contributed by atoms with Crippen molar-refractivity contribution in [3.05, 3.63) is 23.4 Å². The largest absolute Gasteiger partial charge is 0.347 e. The summed E-state index contributed by atoms with van der Waals surface area (Å²) in [4.78, 5) is 6.72. The normalized spacial score (nSPS) is 14.9. The molecule has 0 aromatic carbocycles. The van der Waals surface area contributed by atoms with Gasteiger partial charge >= 0.3 is 0 Å². The zero-order valence-electron chi connectivity index (χ0n) is 12.4. The second-order valence-corrected chi connectivity index (χ2v) is 5.93. The van der Waals surface area contributed by atoms with Gasteiger partial charge in [0.15, 0.2) is 5.82 Å². The highest BCUT2D eigenvalue weighted by molar-refractivity contribution is 5.50. The van der Waals surface area contributed by atoms with Gasteiger partial charge in [0.25, 0.3) is 0 Å². The topological polar surface area (TPSA) is 62.6 Å². The van der Waals surface area contributed by atoms with Crippen LogP contribution in [0.15, 0.2) is 6.33 Å². The summed E-state index contributed by atoms with van der Waals surface area (Å²) in [5.74, 6) is 2.68. The predicted molar refractivity (Wildman–Crippen MR) is 77.6 cm³/mol. The summed E-state index contributed by atoms with van der Waals surface area (Å²) in [5, 5.41) is 11.9. The summed E-state index contributed by atoms with van der Waals surface area (Å²) in [6.07, 6.45) is 3.94. The number of rotatable bonds is 4. The number of aryl methyl sites for hydroxylation is 1. The van der Waals surface area contributed by atoms with E-state index in [2.05, 4.69) is 46.0 Å². The summed E-state index contributed by atoms with van der Waals surface area (Å²) >= 11 is 0. The molecule has 0 aliphatic carbocycles. The molecule has 1 aliphatic rings. The molecule has 3 rings (SSSR count).